The van der Waals surface area contributed by atoms with Crippen molar-refractivity contribution in [1.29, 1.82) is 0 Å². The molecule has 0 radical (unpaired) electrons. The van der Waals surface area contributed by atoms with Crippen molar-refractivity contribution >= 4 is 10.9 Å². The van der Waals surface area contributed by atoms with Gasteiger partial charge in [0, 0.05) is 35.9 Å². The third kappa shape index (κ3) is 2.22. The van der Waals surface area contributed by atoms with Gasteiger partial charge in [0.15, 0.2) is 0 Å². The molecule has 0 aliphatic heterocycles. The fourth-order valence-electron chi connectivity index (χ4n) is 2.06. The molecule has 2 atom stereocenters. The molecule has 0 aliphatic rings. The van der Waals surface area contributed by atoms with E-state index in [1.807, 2.05) is 0 Å². The molecular formula is C13H14N2O4. The molecule has 0 spiro atoms. The van der Waals surface area contributed by atoms with Crippen LogP contribution in [-0.2, 0) is 7.05 Å². The van der Waals surface area contributed by atoms with E-state index in [9.17, 15) is 20.0 Å². The number of benzene rings is 1. The lowest BCUT2D eigenvalue weighted by Crippen LogP contribution is -2.26. The molecule has 2 rings (SSSR count). The minimum Gasteiger partial charge on any atom is -0.381 e. The van der Waals surface area contributed by atoms with Gasteiger partial charge in [-0.05, 0) is 6.07 Å². The van der Waals surface area contributed by atoms with E-state index in [2.05, 4.69) is 0 Å². The molecule has 0 aliphatic carbocycles. The van der Waals surface area contributed by atoms with Gasteiger partial charge >= 0.3 is 0 Å². The summed E-state index contributed by atoms with van der Waals surface area (Å²) in [6.45, 7) is 1.32. The number of nitro groups is 1. The monoisotopic (exact) mass is 262 g/mol. The van der Waals surface area contributed by atoms with E-state index < -0.39 is 17.1 Å². The first-order chi connectivity index (χ1) is 8.93. The highest BCUT2D eigenvalue weighted by atomic mass is 16.6. The van der Waals surface area contributed by atoms with Gasteiger partial charge in [0.25, 0.3) is 5.56 Å². The molecule has 1 aromatic carbocycles. The predicted octanol–water partition coefficient (Wildman–Crippen LogP) is 1.24. The minimum absolute atomic E-state index is 0.294. The minimum atomic E-state index is -1.31. The summed E-state index contributed by atoms with van der Waals surface area (Å²) >= 11 is 0. The Kier molecular flexibility index (Phi) is 3.35. The highest BCUT2D eigenvalue weighted by Crippen LogP contribution is 2.25. The highest BCUT2D eigenvalue weighted by Gasteiger charge is 2.28. The number of para-hydroxylation sites is 1. The van der Waals surface area contributed by atoms with Gasteiger partial charge in [-0.2, -0.15) is 0 Å². The second-order valence-corrected chi connectivity index (χ2v) is 4.48. The number of fused-ring (bicyclic) bond motifs is 1. The number of nitrogens with zero attached hydrogens (tertiary/aromatic N) is 2. The van der Waals surface area contributed by atoms with Gasteiger partial charge in [0.05, 0.1) is 5.52 Å². The predicted molar refractivity (Wildman–Crippen MR) is 70.6 cm³/mol. The van der Waals surface area contributed by atoms with E-state index >= 15 is 0 Å². The van der Waals surface area contributed by atoms with Crippen molar-refractivity contribution in [3.63, 3.8) is 0 Å². The molecule has 0 bridgehead atoms. The first-order valence-corrected chi connectivity index (χ1v) is 5.83. The van der Waals surface area contributed by atoms with Crippen LogP contribution in [0.2, 0.25) is 0 Å². The Hall–Kier alpha value is -2.21. The third-order valence-electron chi connectivity index (χ3n) is 3.29. The molecule has 1 N–H and O–H groups in total. The van der Waals surface area contributed by atoms with Crippen molar-refractivity contribution in [1.82, 2.24) is 4.57 Å². The summed E-state index contributed by atoms with van der Waals surface area (Å²) in [7, 11) is 1.62. The van der Waals surface area contributed by atoms with Crippen LogP contribution in [0.15, 0.2) is 35.1 Å². The van der Waals surface area contributed by atoms with Crippen LogP contribution in [0.3, 0.4) is 0 Å². The molecule has 0 amide bonds. The summed E-state index contributed by atoms with van der Waals surface area (Å²) in [4.78, 5) is 22.0. The van der Waals surface area contributed by atoms with Crippen LogP contribution in [0, 0.1) is 10.1 Å². The maximum atomic E-state index is 11.8. The van der Waals surface area contributed by atoms with Crippen molar-refractivity contribution in [2.24, 2.45) is 7.05 Å². The molecule has 1 heterocycles. The van der Waals surface area contributed by atoms with Crippen molar-refractivity contribution < 1.29 is 10.0 Å². The van der Waals surface area contributed by atoms with Gasteiger partial charge < -0.3 is 9.67 Å². The van der Waals surface area contributed by atoms with E-state index in [-0.39, 0.29) is 5.56 Å². The summed E-state index contributed by atoms with van der Waals surface area (Å²) in [5.74, 6) is 0. The molecule has 19 heavy (non-hydrogen) atoms. The fourth-order valence-corrected chi connectivity index (χ4v) is 2.06. The first kappa shape index (κ1) is 13.2. The number of aryl methyl sites for hydroxylation is 1. The second-order valence-electron chi connectivity index (χ2n) is 4.48. The van der Waals surface area contributed by atoms with Gasteiger partial charge in [0.2, 0.25) is 6.04 Å². The molecule has 100 valence electrons. The third-order valence-corrected chi connectivity index (χ3v) is 3.29. The standard InChI is InChI=1S/C13H14N2O4/c1-8(15(18)19)13(17)10-7-12(16)14(2)11-6-4-3-5-9(10)11/h3-8,13,17H,1-2H3/t8-,13+/m1/s1. The van der Waals surface area contributed by atoms with Crippen LogP contribution in [0.4, 0.5) is 0 Å². The normalized spacial score (nSPS) is 14.3. The fraction of sp³-hybridized carbons (Fsp3) is 0.308. The lowest BCUT2D eigenvalue weighted by atomic mass is 9.99. The van der Waals surface area contributed by atoms with Crippen LogP contribution in [-0.4, -0.2) is 20.6 Å². The van der Waals surface area contributed by atoms with Gasteiger partial charge in [-0.15, -0.1) is 0 Å². The number of rotatable bonds is 3. The van der Waals surface area contributed by atoms with Gasteiger partial charge in [0.1, 0.15) is 6.10 Å². The summed E-state index contributed by atoms with van der Waals surface area (Å²) in [5, 5.41) is 21.5. The molecule has 0 fully saturated rings. The molecule has 0 saturated carbocycles. The summed E-state index contributed by atoms with van der Waals surface area (Å²) < 4.78 is 1.45. The van der Waals surface area contributed by atoms with E-state index in [1.54, 1.807) is 31.3 Å². The number of aliphatic hydroxyl groups excluding tert-OH is 1. The molecule has 0 saturated heterocycles. The zero-order valence-electron chi connectivity index (χ0n) is 10.6. The van der Waals surface area contributed by atoms with Crippen molar-refractivity contribution in [3.8, 4) is 0 Å². The van der Waals surface area contributed by atoms with Crippen LogP contribution < -0.4 is 5.56 Å². The zero-order valence-corrected chi connectivity index (χ0v) is 10.6. The average molecular weight is 262 g/mol. The first-order valence-electron chi connectivity index (χ1n) is 5.83. The Labute approximate surface area is 109 Å². The molecule has 2 aromatic rings. The van der Waals surface area contributed by atoms with Gasteiger partial charge in [-0.25, -0.2) is 0 Å². The van der Waals surface area contributed by atoms with E-state index in [0.717, 1.165) is 0 Å². The smallest absolute Gasteiger partial charge is 0.251 e. The maximum absolute atomic E-state index is 11.8. The molecule has 6 heteroatoms. The van der Waals surface area contributed by atoms with E-state index in [4.69, 9.17) is 0 Å². The quantitative estimate of drug-likeness (QED) is 0.666. The van der Waals surface area contributed by atoms with Gasteiger partial charge in [-0.3, -0.25) is 14.9 Å². The van der Waals surface area contributed by atoms with E-state index in [1.165, 1.54) is 17.6 Å². The summed E-state index contributed by atoms with van der Waals surface area (Å²) in [6, 6.07) is 7.10. The summed E-state index contributed by atoms with van der Waals surface area (Å²) in [6.07, 6.45) is -1.31. The number of pyridine rings is 1. The Balaban J connectivity index is 2.71. The van der Waals surface area contributed by atoms with Crippen molar-refractivity contribution in [2.75, 3.05) is 0 Å². The van der Waals surface area contributed by atoms with Crippen molar-refractivity contribution in [3.05, 3.63) is 56.4 Å². The van der Waals surface area contributed by atoms with Crippen LogP contribution in [0.5, 0.6) is 0 Å². The average Bonchev–Trinajstić information content (AvgIpc) is 2.41. The topological polar surface area (TPSA) is 85.4 Å². The van der Waals surface area contributed by atoms with Crippen LogP contribution >= 0.6 is 0 Å². The molecule has 1 aromatic heterocycles. The van der Waals surface area contributed by atoms with Crippen molar-refractivity contribution in [2.45, 2.75) is 19.1 Å². The molecular weight excluding hydrogens is 248 g/mol. The largest absolute Gasteiger partial charge is 0.381 e. The SMILES string of the molecule is C[C@H]([C@H](O)c1cc(=O)n(C)c2ccccc12)[N+](=O)[O-]. The number of hydrogen-bond donors (Lipinski definition) is 1. The number of aliphatic hydroxyl groups is 1. The Morgan fingerprint density at radius 2 is 2.00 bits per heavy atom. The van der Waals surface area contributed by atoms with Crippen LogP contribution in [0.25, 0.3) is 10.9 Å². The number of hydrogen-bond acceptors (Lipinski definition) is 4. The molecule has 6 nitrogen and oxygen atoms in total. The van der Waals surface area contributed by atoms with Crippen LogP contribution in [0.1, 0.15) is 18.6 Å². The highest BCUT2D eigenvalue weighted by molar-refractivity contribution is 5.82. The molecule has 0 unspecified atom stereocenters. The lowest BCUT2D eigenvalue weighted by molar-refractivity contribution is -0.531. The Bertz CT molecular complexity index is 693. The van der Waals surface area contributed by atoms with E-state index in [0.29, 0.717) is 16.5 Å². The lowest BCUT2D eigenvalue weighted by Gasteiger charge is -2.16. The zero-order chi connectivity index (χ0) is 14.2. The van der Waals surface area contributed by atoms with Gasteiger partial charge in [-0.1, -0.05) is 18.2 Å². The maximum Gasteiger partial charge on any atom is 0.251 e. The summed E-state index contributed by atoms with van der Waals surface area (Å²) in [5.41, 5.74) is 0.630. The Morgan fingerprint density at radius 3 is 2.63 bits per heavy atom. The second kappa shape index (κ2) is 4.81. The Morgan fingerprint density at radius 1 is 1.37 bits per heavy atom. The number of aromatic nitrogens is 1.